The van der Waals surface area contributed by atoms with Crippen molar-refractivity contribution in [2.24, 2.45) is 9.56 Å². The zero-order chi connectivity index (χ0) is 8.41. The molecule has 0 saturated heterocycles. The summed E-state index contributed by atoms with van der Waals surface area (Å²) in [5.74, 6) is 0. The van der Waals surface area contributed by atoms with E-state index < -0.39 is 16.5 Å². The zero-order valence-corrected chi connectivity index (χ0v) is 9.89. The minimum absolute atomic E-state index is 1.27. The maximum atomic E-state index is 4.35. The fraction of sp³-hybridized carbons (Fsp3) is 1.00. The van der Waals surface area contributed by atoms with E-state index in [2.05, 4.69) is 48.8 Å². The molecule has 0 fully saturated rings. The Morgan fingerprint density at radius 3 is 0.900 bits per heavy atom. The third-order valence-electron chi connectivity index (χ3n) is 0.650. The van der Waals surface area contributed by atoms with E-state index in [4.69, 9.17) is 0 Å². The van der Waals surface area contributed by atoms with Gasteiger partial charge in [0.25, 0.3) is 0 Å². The van der Waals surface area contributed by atoms with Crippen LogP contribution in [0, 0.1) is 0 Å². The first-order chi connectivity index (χ1) is 4.21. The van der Waals surface area contributed by atoms with Crippen LogP contribution in [-0.2, 0) is 0 Å². The van der Waals surface area contributed by atoms with E-state index in [1.165, 1.54) is 0 Å². The van der Waals surface area contributed by atoms with Gasteiger partial charge in [0, 0.05) is 0 Å². The molecule has 0 unspecified atom stereocenters. The Labute approximate surface area is 65.9 Å². The molecule has 10 heavy (non-hydrogen) atoms. The van der Waals surface area contributed by atoms with Crippen LogP contribution in [0.15, 0.2) is 9.56 Å². The molecule has 4 heteroatoms. The number of nitrogens with zero attached hydrogens (tertiary/aromatic N) is 2. The van der Waals surface area contributed by atoms with Crippen LogP contribution in [0.25, 0.3) is 0 Å². The second-order valence-corrected chi connectivity index (χ2v) is 13.6. The van der Waals surface area contributed by atoms with Gasteiger partial charge in [-0.1, -0.05) is 0 Å². The lowest BCUT2D eigenvalue weighted by atomic mass is 11.8. The SMILES string of the molecule is C[Si](C)(C)N=N[Si](C)(C)C. The summed E-state index contributed by atoms with van der Waals surface area (Å²) in [5.41, 5.74) is 0. The van der Waals surface area contributed by atoms with Crippen molar-refractivity contribution in [2.45, 2.75) is 39.3 Å². The first kappa shape index (κ1) is 10.0. The van der Waals surface area contributed by atoms with Crippen molar-refractivity contribution in [3.63, 3.8) is 0 Å². The highest BCUT2D eigenvalue weighted by molar-refractivity contribution is 6.77. The molecule has 0 aliphatic heterocycles. The Bertz CT molecular complexity index is 114. The smallest absolute Gasteiger partial charge is 0.198 e. The molecule has 0 heterocycles. The van der Waals surface area contributed by atoms with Crippen molar-refractivity contribution in [1.29, 1.82) is 0 Å². The Morgan fingerprint density at radius 1 is 0.600 bits per heavy atom. The molecule has 0 aromatic heterocycles. The van der Waals surface area contributed by atoms with Crippen molar-refractivity contribution < 1.29 is 0 Å². The van der Waals surface area contributed by atoms with Crippen molar-refractivity contribution in [3.8, 4) is 0 Å². The molecule has 0 spiro atoms. The number of hydrogen-bond donors (Lipinski definition) is 0. The van der Waals surface area contributed by atoms with Gasteiger partial charge < -0.3 is 0 Å². The minimum atomic E-state index is -1.27. The lowest BCUT2D eigenvalue weighted by molar-refractivity contribution is 1.29. The maximum Gasteiger partial charge on any atom is 0.198 e. The fourth-order valence-corrected chi connectivity index (χ4v) is 2.70. The van der Waals surface area contributed by atoms with Crippen molar-refractivity contribution >= 4 is 16.5 Å². The highest BCUT2D eigenvalue weighted by Gasteiger charge is 2.16. The molecule has 0 aromatic carbocycles. The van der Waals surface area contributed by atoms with Crippen molar-refractivity contribution in [1.82, 2.24) is 0 Å². The quantitative estimate of drug-likeness (QED) is 0.454. The largest absolute Gasteiger partial charge is 0.249 e. The molecule has 0 aliphatic rings. The van der Waals surface area contributed by atoms with Gasteiger partial charge in [0.15, 0.2) is 16.5 Å². The van der Waals surface area contributed by atoms with Gasteiger partial charge in [-0.25, -0.2) is 9.56 Å². The fourth-order valence-electron chi connectivity index (χ4n) is 0.300. The summed E-state index contributed by atoms with van der Waals surface area (Å²) >= 11 is 0. The topological polar surface area (TPSA) is 24.7 Å². The summed E-state index contributed by atoms with van der Waals surface area (Å²) in [4.78, 5) is 0. The Morgan fingerprint density at radius 2 is 0.800 bits per heavy atom. The molecule has 0 saturated carbocycles. The third kappa shape index (κ3) is 8.03. The molecule has 0 radical (unpaired) electrons. The van der Waals surface area contributed by atoms with Gasteiger partial charge in [0.05, 0.1) is 0 Å². The molecule has 2 nitrogen and oxygen atoms in total. The van der Waals surface area contributed by atoms with E-state index >= 15 is 0 Å². The van der Waals surface area contributed by atoms with E-state index in [0.29, 0.717) is 0 Å². The summed E-state index contributed by atoms with van der Waals surface area (Å²) in [6, 6.07) is 0. The average molecular weight is 174 g/mol. The van der Waals surface area contributed by atoms with Crippen LogP contribution in [-0.4, -0.2) is 16.5 Å². The summed E-state index contributed by atoms with van der Waals surface area (Å²) in [6.07, 6.45) is 0. The van der Waals surface area contributed by atoms with Crippen molar-refractivity contribution in [3.05, 3.63) is 0 Å². The summed E-state index contributed by atoms with van der Waals surface area (Å²) in [5, 5.41) is 0. The lowest BCUT2D eigenvalue weighted by Gasteiger charge is -2.11. The molecule has 0 bridgehead atoms. The Balaban J connectivity index is 4.01. The second kappa shape index (κ2) is 2.96. The van der Waals surface area contributed by atoms with E-state index in [9.17, 15) is 0 Å². The highest BCUT2D eigenvalue weighted by atomic mass is 28.3. The first-order valence-electron chi connectivity index (χ1n) is 3.65. The predicted octanol–water partition coefficient (Wildman–Crippen LogP) is 3.11. The molecule has 0 atom stereocenters. The number of hydrogen-bond acceptors (Lipinski definition) is 2. The van der Waals surface area contributed by atoms with Gasteiger partial charge in [0.1, 0.15) is 0 Å². The molecule has 0 aromatic rings. The van der Waals surface area contributed by atoms with Gasteiger partial charge in [-0.3, -0.25) is 0 Å². The van der Waals surface area contributed by atoms with Crippen LogP contribution in [0.3, 0.4) is 0 Å². The number of rotatable bonds is 2. The molecular formula is C6H18N2Si2. The van der Waals surface area contributed by atoms with E-state index in [-0.39, 0.29) is 0 Å². The third-order valence-corrected chi connectivity index (χ3v) is 2.25. The minimum Gasteiger partial charge on any atom is -0.249 e. The van der Waals surface area contributed by atoms with Gasteiger partial charge >= 0.3 is 0 Å². The summed E-state index contributed by atoms with van der Waals surface area (Å²) in [7, 11) is -2.55. The first-order valence-corrected chi connectivity index (χ1v) is 10.5. The van der Waals surface area contributed by atoms with Gasteiger partial charge in [0.2, 0.25) is 0 Å². The van der Waals surface area contributed by atoms with Crippen LogP contribution >= 0.6 is 0 Å². The van der Waals surface area contributed by atoms with Crippen LogP contribution < -0.4 is 0 Å². The summed E-state index contributed by atoms with van der Waals surface area (Å²) < 4.78 is 8.71. The average Bonchev–Trinajstić information content (AvgIpc) is 1.57. The van der Waals surface area contributed by atoms with Gasteiger partial charge in [-0.05, 0) is 39.3 Å². The molecule has 60 valence electrons. The molecular weight excluding hydrogens is 156 g/mol. The standard InChI is InChI=1S/C6H18N2Si2/c1-9(2,3)7-8-10(4,5)6/h1-6H3. The van der Waals surface area contributed by atoms with Gasteiger partial charge in [-0.2, -0.15) is 0 Å². The molecule has 0 rings (SSSR count). The monoisotopic (exact) mass is 174 g/mol. The van der Waals surface area contributed by atoms with Crippen LogP contribution in [0.5, 0.6) is 0 Å². The van der Waals surface area contributed by atoms with Crippen LogP contribution in [0.1, 0.15) is 0 Å². The molecule has 0 aliphatic carbocycles. The highest BCUT2D eigenvalue weighted by Crippen LogP contribution is 2.08. The molecule has 0 N–H and O–H groups in total. The second-order valence-electron chi connectivity index (χ2n) is 4.54. The normalized spacial score (nSPS) is 14.6. The lowest BCUT2D eigenvalue weighted by Crippen LogP contribution is -2.21. The van der Waals surface area contributed by atoms with E-state index in [0.717, 1.165) is 0 Å². The van der Waals surface area contributed by atoms with Crippen LogP contribution in [0.4, 0.5) is 0 Å². The van der Waals surface area contributed by atoms with E-state index in [1.54, 1.807) is 0 Å². The predicted molar refractivity (Wildman–Crippen MR) is 51.5 cm³/mol. The zero-order valence-electron chi connectivity index (χ0n) is 7.89. The summed E-state index contributed by atoms with van der Waals surface area (Å²) in [6.45, 7) is 13.2. The maximum absolute atomic E-state index is 4.35. The van der Waals surface area contributed by atoms with E-state index in [1.807, 2.05) is 0 Å². The Kier molecular flexibility index (Phi) is 2.97. The molecule has 0 amide bonds. The van der Waals surface area contributed by atoms with Crippen LogP contribution in [0.2, 0.25) is 39.3 Å². The van der Waals surface area contributed by atoms with Gasteiger partial charge in [-0.15, -0.1) is 0 Å². The Hall–Kier alpha value is 0.0338. The van der Waals surface area contributed by atoms with Crippen molar-refractivity contribution in [2.75, 3.05) is 0 Å².